The lowest BCUT2D eigenvalue weighted by Gasteiger charge is -2.27. The highest BCUT2D eigenvalue weighted by atomic mass is 32.2. The number of hydrogen-bond acceptors (Lipinski definition) is 7. The minimum atomic E-state index is -4.33. The average molecular weight is 405 g/mol. The van der Waals surface area contributed by atoms with Crippen molar-refractivity contribution in [3.05, 3.63) is 12.2 Å². The lowest BCUT2D eigenvalue weighted by atomic mass is 10.4. The molecule has 0 saturated carbocycles. The summed E-state index contributed by atoms with van der Waals surface area (Å²) < 4.78 is 14.9. The summed E-state index contributed by atoms with van der Waals surface area (Å²) in [6, 6.07) is 0. The second-order valence-corrected chi connectivity index (χ2v) is 10.7. The zero-order valence-electron chi connectivity index (χ0n) is 12.3. The van der Waals surface area contributed by atoms with Crippen LogP contribution in [0.15, 0.2) is 12.2 Å². The van der Waals surface area contributed by atoms with Gasteiger partial charge in [0.2, 0.25) is 5.12 Å². The van der Waals surface area contributed by atoms with Crippen LogP contribution < -0.4 is 0 Å². The summed E-state index contributed by atoms with van der Waals surface area (Å²) in [6.07, 6.45) is 0. The van der Waals surface area contributed by atoms with Gasteiger partial charge in [-0.25, -0.2) is 4.57 Å². The third-order valence-electron chi connectivity index (χ3n) is 2.58. The number of thioether (sulfide) groups is 4. The first kappa shape index (κ1) is 21.0. The van der Waals surface area contributed by atoms with Gasteiger partial charge in [0.25, 0.3) is 0 Å². The van der Waals surface area contributed by atoms with Crippen molar-refractivity contribution in [1.82, 2.24) is 0 Å². The lowest BCUT2D eigenvalue weighted by molar-refractivity contribution is -0.107. The molecule has 10 heteroatoms. The molecule has 0 aromatic carbocycles. The molecule has 1 heterocycles. The highest BCUT2D eigenvalue weighted by molar-refractivity contribution is 8.15. The molecule has 2 atom stereocenters. The molecular formula is C12H21O5PS4. The SMILES string of the molecule is C=C(C)C(=O)SCC1CSC(CSCCOP(=O)(O)O)CS1. The van der Waals surface area contributed by atoms with Crippen LogP contribution in [0.3, 0.4) is 0 Å². The highest BCUT2D eigenvalue weighted by Crippen LogP contribution is 2.36. The van der Waals surface area contributed by atoms with Gasteiger partial charge in [0, 0.05) is 39.3 Å². The van der Waals surface area contributed by atoms with E-state index in [1.54, 1.807) is 18.7 Å². The molecule has 0 spiro atoms. The molecule has 1 aliphatic heterocycles. The number of carbonyl (C=O) groups excluding carboxylic acids is 1. The van der Waals surface area contributed by atoms with Gasteiger partial charge in [-0.15, -0.1) is 0 Å². The first-order chi connectivity index (χ1) is 10.3. The van der Waals surface area contributed by atoms with Gasteiger partial charge in [0.15, 0.2) is 0 Å². The molecular weight excluding hydrogens is 383 g/mol. The van der Waals surface area contributed by atoms with E-state index in [9.17, 15) is 9.36 Å². The van der Waals surface area contributed by atoms with E-state index in [1.165, 1.54) is 11.8 Å². The van der Waals surface area contributed by atoms with E-state index < -0.39 is 7.82 Å². The van der Waals surface area contributed by atoms with Crippen molar-refractivity contribution < 1.29 is 23.7 Å². The fourth-order valence-corrected chi connectivity index (χ4v) is 7.41. The fourth-order valence-electron chi connectivity index (χ4n) is 1.50. The molecule has 0 bridgehead atoms. The van der Waals surface area contributed by atoms with Gasteiger partial charge in [0.1, 0.15) is 0 Å². The molecule has 2 N–H and O–H groups in total. The normalized spacial score (nSPS) is 22.5. The number of phosphoric ester groups is 1. The number of carbonyl (C=O) groups is 1. The van der Waals surface area contributed by atoms with Crippen molar-refractivity contribution in [2.45, 2.75) is 17.4 Å². The Balaban J connectivity index is 2.06. The maximum absolute atomic E-state index is 11.5. The van der Waals surface area contributed by atoms with E-state index in [-0.39, 0.29) is 11.7 Å². The summed E-state index contributed by atoms with van der Waals surface area (Å²) in [6.45, 7) is 5.46. The van der Waals surface area contributed by atoms with Crippen molar-refractivity contribution in [1.29, 1.82) is 0 Å². The molecule has 0 aromatic rings. The van der Waals surface area contributed by atoms with Gasteiger partial charge in [-0.05, 0) is 12.5 Å². The number of rotatable bonds is 9. The molecule has 1 rings (SSSR count). The minimum Gasteiger partial charge on any atom is -0.303 e. The van der Waals surface area contributed by atoms with Crippen molar-refractivity contribution >= 4 is 60.0 Å². The summed E-state index contributed by atoms with van der Waals surface area (Å²) in [5, 5.41) is 1.12. The van der Waals surface area contributed by atoms with Gasteiger partial charge in [0.05, 0.1) is 6.61 Å². The van der Waals surface area contributed by atoms with Crippen LogP contribution in [0.25, 0.3) is 0 Å². The maximum Gasteiger partial charge on any atom is 0.469 e. The first-order valence-electron chi connectivity index (χ1n) is 6.61. The van der Waals surface area contributed by atoms with Crippen molar-refractivity contribution in [2.75, 3.05) is 35.4 Å². The average Bonchev–Trinajstić information content (AvgIpc) is 2.44. The monoisotopic (exact) mass is 404 g/mol. The molecule has 0 aromatic heterocycles. The molecule has 0 radical (unpaired) electrons. The first-order valence-corrected chi connectivity index (χ1v) is 12.4. The Morgan fingerprint density at radius 1 is 1.32 bits per heavy atom. The standard InChI is InChI=1S/C12H21O5PS4/c1-9(2)12(13)22-8-11-7-20-10(6-21-11)5-19-4-3-17-18(14,15)16/h10-11H,1,3-8H2,2H3,(H2,14,15,16). The summed E-state index contributed by atoms with van der Waals surface area (Å²) in [5.74, 6) is 4.44. The molecule has 2 unspecified atom stereocenters. The Labute approximate surface area is 148 Å². The van der Waals surface area contributed by atoms with Crippen LogP contribution >= 0.6 is 54.9 Å². The van der Waals surface area contributed by atoms with Crippen LogP contribution in [-0.2, 0) is 13.9 Å². The van der Waals surface area contributed by atoms with Gasteiger partial charge < -0.3 is 9.79 Å². The zero-order chi connectivity index (χ0) is 16.6. The lowest BCUT2D eigenvalue weighted by Crippen LogP contribution is -2.25. The fraction of sp³-hybridized carbons (Fsp3) is 0.750. The predicted octanol–water partition coefficient (Wildman–Crippen LogP) is 2.88. The van der Waals surface area contributed by atoms with Crippen LogP contribution in [0.5, 0.6) is 0 Å². The summed E-state index contributed by atoms with van der Waals surface area (Å²) in [4.78, 5) is 28.6. The summed E-state index contributed by atoms with van der Waals surface area (Å²) >= 11 is 6.81. The Morgan fingerprint density at radius 3 is 2.41 bits per heavy atom. The predicted molar refractivity (Wildman–Crippen MR) is 100 cm³/mol. The Kier molecular flexibility index (Phi) is 10.2. The molecule has 0 aliphatic carbocycles. The van der Waals surface area contributed by atoms with Crippen LogP contribution in [0, 0.1) is 0 Å². The Morgan fingerprint density at radius 2 is 1.91 bits per heavy atom. The van der Waals surface area contributed by atoms with Gasteiger partial charge in [-0.2, -0.15) is 35.3 Å². The van der Waals surface area contributed by atoms with E-state index in [0.717, 1.165) is 23.0 Å². The molecule has 1 fully saturated rings. The van der Waals surface area contributed by atoms with Gasteiger partial charge in [-0.3, -0.25) is 9.32 Å². The van der Waals surface area contributed by atoms with Gasteiger partial charge in [-0.1, -0.05) is 18.3 Å². The van der Waals surface area contributed by atoms with E-state index in [0.29, 0.717) is 21.8 Å². The van der Waals surface area contributed by atoms with Crippen LogP contribution in [0.2, 0.25) is 0 Å². The molecule has 1 saturated heterocycles. The Hall–Kier alpha value is 0.920. The minimum absolute atomic E-state index is 0.0712. The molecule has 0 amide bonds. The van der Waals surface area contributed by atoms with E-state index in [2.05, 4.69) is 11.1 Å². The molecule has 128 valence electrons. The maximum atomic E-state index is 11.5. The second kappa shape index (κ2) is 10.7. The van der Waals surface area contributed by atoms with Crippen molar-refractivity contribution in [3.63, 3.8) is 0 Å². The van der Waals surface area contributed by atoms with E-state index in [1.807, 2.05) is 23.5 Å². The highest BCUT2D eigenvalue weighted by Gasteiger charge is 2.23. The van der Waals surface area contributed by atoms with Crippen molar-refractivity contribution in [2.24, 2.45) is 0 Å². The summed E-state index contributed by atoms with van der Waals surface area (Å²) in [7, 11) is -4.33. The van der Waals surface area contributed by atoms with Gasteiger partial charge >= 0.3 is 7.82 Å². The molecule has 1 aliphatic rings. The van der Waals surface area contributed by atoms with E-state index in [4.69, 9.17) is 9.79 Å². The summed E-state index contributed by atoms with van der Waals surface area (Å²) in [5.41, 5.74) is 0.602. The number of hydrogen-bond donors (Lipinski definition) is 2. The molecule has 5 nitrogen and oxygen atoms in total. The smallest absolute Gasteiger partial charge is 0.303 e. The third kappa shape index (κ3) is 9.93. The van der Waals surface area contributed by atoms with E-state index >= 15 is 0 Å². The van der Waals surface area contributed by atoms with Crippen LogP contribution in [0.4, 0.5) is 0 Å². The largest absolute Gasteiger partial charge is 0.469 e. The zero-order valence-corrected chi connectivity index (χ0v) is 16.5. The van der Waals surface area contributed by atoms with Crippen LogP contribution in [-0.4, -0.2) is 60.8 Å². The molecule has 22 heavy (non-hydrogen) atoms. The second-order valence-electron chi connectivity index (χ2n) is 4.69. The number of phosphoric acid groups is 1. The quantitative estimate of drug-likeness (QED) is 0.342. The Bertz CT molecular complexity index is 420. The van der Waals surface area contributed by atoms with Crippen LogP contribution in [0.1, 0.15) is 6.92 Å². The topological polar surface area (TPSA) is 83.8 Å². The van der Waals surface area contributed by atoms with Crippen molar-refractivity contribution in [3.8, 4) is 0 Å². The third-order valence-corrected chi connectivity index (χ3v) is 9.01.